The van der Waals surface area contributed by atoms with Gasteiger partial charge in [0.2, 0.25) is 0 Å². The summed E-state index contributed by atoms with van der Waals surface area (Å²) in [6.45, 7) is 2.40. The number of nitrogens with zero attached hydrogens (tertiary/aromatic N) is 1. The molecule has 0 N–H and O–H groups in total. The molecule has 1 heteroatoms. The van der Waals surface area contributed by atoms with Crippen molar-refractivity contribution < 1.29 is 0 Å². The zero-order valence-electron chi connectivity index (χ0n) is 35.5. The van der Waals surface area contributed by atoms with Crippen LogP contribution in [0.1, 0.15) is 45.9 Å². The molecule has 1 aliphatic heterocycles. The number of para-hydroxylation sites is 2. The summed E-state index contributed by atoms with van der Waals surface area (Å²) in [5, 5.41) is 0. The Morgan fingerprint density at radius 3 is 1.05 bits per heavy atom. The van der Waals surface area contributed by atoms with Gasteiger partial charge in [-0.15, -0.1) is 0 Å². The summed E-state index contributed by atoms with van der Waals surface area (Å²) in [4.78, 5) is 2.53. The predicted molar refractivity (Wildman–Crippen MR) is 266 cm³/mol. The van der Waals surface area contributed by atoms with E-state index < -0.39 is 5.41 Å². The first-order valence-electron chi connectivity index (χ1n) is 22.4. The van der Waals surface area contributed by atoms with Crippen LogP contribution in [0, 0.1) is 0 Å². The summed E-state index contributed by atoms with van der Waals surface area (Å²) in [5.74, 6) is 0. The minimum Gasteiger partial charge on any atom is -0.310 e. The van der Waals surface area contributed by atoms with Crippen molar-refractivity contribution in [1.29, 1.82) is 0 Å². The van der Waals surface area contributed by atoms with Crippen molar-refractivity contribution in [3.8, 4) is 55.6 Å². The predicted octanol–water partition coefficient (Wildman–Crippen LogP) is 16.2. The van der Waals surface area contributed by atoms with Gasteiger partial charge in [0.25, 0.3) is 0 Å². The number of anilines is 3. The maximum absolute atomic E-state index is 2.54. The molecule has 300 valence electrons. The second-order valence-electron chi connectivity index (χ2n) is 17.7. The first-order chi connectivity index (χ1) is 31.6. The first kappa shape index (κ1) is 36.6. The van der Waals surface area contributed by atoms with Gasteiger partial charge < -0.3 is 4.90 Å². The van der Waals surface area contributed by atoms with E-state index in [2.05, 4.69) is 254 Å². The quantitative estimate of drug-likeness (QED) is 0.167. The van der Waals surface area contributed by atoms with Crippen molar-refractivity contribution >= 4 is 17.1 Å². The van der Waals surface area contributed by atoms with Crippen molar-refractivity contribution in [1.82, 2.24) is 0 Å². The van der Waals surface area contributed by atoms with Crippen LogP contribution < -0.4 is 4.90 Å². The molecular formula is C63H43N. The SMILES string of the molecule is CC1(c2ccccc2)c2ccccc2N(c2ccc3c(c2)C2(c4cc(-c5ccccc5)ccc4-c4ccc(-c5ccccc5)cc42)c2cc(-c4ccccc4)ccc2-3)c2ccccc21. The van der Waals surface area contributed by atoms with Crippen LogP contribution in [0.25, 0.3) is 55.6 Å². The smallest absolute Gasteiger partial charge is 0.0726 e. The van der Waals surface area contributed by atoms with Crippen LogP contribution in [0.3, 0.4) is 0 Å². The van der Waals surface area contributed by atoms with Gasteiger partial charge in [-0.05, 0) is 144 Å². The van der Waals surface area contributed by atoms with Crippen LogP contribution in [-0.4, -0.2) is 0 Å². The van der Waals surface area contributed by atoms with Gasteiger partial charge in [-0.1, -0.05) is 200 Å². The molecule has 10 aromatic rings. The number of hydrogen-bond acceptors (Lipinski definition) is 1. The van der Waals surface area contributed by atoms with E-state index in [1.54, 1.807) is 0 Å². The Balaban J connectivity index is 1.12. The molecule has 0 saturated carbocycles. The molecule has 2 aliphatic carbocycles. The van der Waals surface area contributed by atoms with Crippen molar-refractivity contribution in [3.05, 3.63) is 282 Å². The summed E-state index contributed by atoms with van der Waals surface area (Å²) < 4.78 is 0. The molecule has 10 aromatic carbocycles. The number of hydrogen-bond donors (Lipinski definition) is 0. The average molecular weight is 814 g/mol. The molecule has 13 rings (SSSR count). The zero-order valence-corrected chi connectivity index (χ0v) is 35.5. The fourth-order valence-corrected chi connectivity index (χ4v) is 11.6. The van der Waals surface area contributed by atoms with Gasteiger partial charge in [0.15, 0.2) is 0 Å². The van der Waals surface area contributed by atoms with Crippen LogP contribution in [0.4, 0.5) is 17.1 Å². The van der Waals surface area contributed by atoms with Gasteiger partial charge in [0.1, 0.15) is 0 Å². The molecule has 0 bridgehead atoms. The molecule has 0 aromatic heterocycles. The minimum absolute atomic E-state index is 0.349. The third-order valence-electron chi connectivity index (χ3n) is 14.6. The Morgan fingerprint density at radius 2 is 0.625 bits per heavy atom. The summed E-state index contributed by atoms with van der Waals surface area (Å²) in [7, 11) is 0. The van der Waals surface area contributed by atoms with Crippen LogP contribution in [0.15, 0.2) is 243 Å². The third kappa shape index (κ3) is 5.13. The Morgan fingerprint density at radius 1 is 0.281 bits per heavy atom. The van der Waals surface area contributed by atoms with E-state index >= 15 is 0 Å². The molecule has 0 saturated heterocycles. The fourth-order valence-electron chi connectivity index (χ4n) is 11.6. The molecule has 0 unspecified atom stereocenters. The highest BCUT2D eigenvalue weighted by Gasteiger charge is 2.53. The Labute approximate surface area is 375 Å². The van der Waals surface area contributed by atoms with Crippen molar-refractivity contribution in [2.45, 2.75) is 17.8 Å². The van der Waals surface area contributed by atoms with Crippen molar-refractivity contribution in [3.63, 3.8) is 0 Å². The zero-order chi connectivity index (χ0) is 42.4. The van der Waals surface area contributed by atoms with Gasteiger partial charge in [0, 0.05) is 11.1 Å². The molecule has 0 fully saturated rings. The molecule has 0 radical (unpaired) electrons. The molecule has 0 atom stereocenters. The Hall–Kier alpha value is -8.00. The van der Waals surface area contributed by atoms with Crippen molar-refractivity contribution in [2.24, 2.45) is 0 Å². The number of benzene rings is 10. The van der Waals surface area contributed by atoms with E-state index in [1.807, 2.05) is 0 Å². The third-order valence-corrected chi connectivity index (χ3v) is 14.6. The maximum atomic E-state index is 2.54. The largest absolute Gasteiger partial charge is 0.310 e. The monoisotopic (exact) mass is 813 g/mol. The highest BCUT2D eigenvalue weighted by Crippen LogP contribution is 2.65. The second-order valence-corrected chi connectivity index (χ2v) is 17.7. The van der Waals surface area contributed by atoms with Crippen LogP contribution in [0.5, 0.6) is 0 Å². The highest BCUT2D eigenvalue weighted by atomic mass is 15.2. The van der Waals surface area contributed by atoms with Crippen LogP contribution >= 0.6 is 0 Å². The van der Waals surface area contributed by atoms with E-state index in [-0.39, 0.29) is 5.41 Å². The summed E-state index contributed by atoms with van der Waals surface area (Å²) in [6, 6.07) is 90.7. The van der Waals surface area contributed by atoms with E-state index in [0.29, 0.717) is 0 Å². The van der Waals surface area contributed by atoms with E-state index in [1.165, 1.54) is 106 Å². The summed E-state index contributed by atoms with van der Waals surface area (Å²) >= 11 is 0. The fraction of sp³-hybridized carbons (Fsp3) is 0.0476. The normalized spacial score (nSPS) is 14.2. The first-order valence-corrected chi connectivity index (χ1v) is 22.4. The van der Waals surface area contributed by atoms with Gasteiger partial charge >= 0.3 is 0 Å². The Kier molecular flexibility index (Phi) is 8.02. The standard InChI is InChI=1S/C63H43N/c1-62(48-24-12-5-13-25-48)54-26-14-16-28-60(54)64(61-29-17-15-27-55(61)62)49-33-37-53-52-36-32-47(44-22-10-4-11-23-44)40-58(52)63(59(53)41-49)56-38-45(42-18-6-2-7-19-42)30-34-50(56)51-35-31-46(39-57(51)63)43-20-8-3-9-21-43/h2-41H,1H3. The van der Waals surface area contributed by atoms with E-state index in [9.17, 15) is 0 Å². The second kappa shape index (κ2) is 14.0. The van der Waals surface area contributed by atoms with Gasteiger partial charge in [0.05, 0.1) is 16.8 Å². The number of rotatable bonds is 5. The minimum atomic E-state index is -0.612. The Bertz CT molecular complexity index is 3230. The van der Waals surface area contributed by atoms with E-state index in [0.717, 1.165) is 5.69 Å². The summed E-state index contributed by atoms with van der Waals surface area (Å²) in [5.41, 5.74) is 24.2. The lowest BCUT2D eigenvalue weighted by Crippen LogP contribution is -2.34. The molecule has 0 amide bonds. The van der Waals surface area contributed by atoms with Gasteiger partial charge in [-0.3, -0.25) is 0 Å². The van der Waals surface area contributed by atoms with Crippen molar-refractivity contribution in [2.75, 3.05) is 4.90 Å². The van der Waals surface area contributed by atoms with Gasteiger partial charge in [-0.25, -0.2) is 0 Å². The number of fused-ring (bicyclic) bond motifs is 12. The molecular weight excluding hydrogens is 771 g/mol. The molecule has 3 aliphatic rings. The molecule has 1 spiro atoms. The molecule has 1 heterocycles. The highest BCUT2D eigenvalue weighted by molar-refractivity contribution is 5.99. The lowest BCUT2D eigenvalue weighted by molar-refractivity contribution is 0.681. The topological polar surface area (TPSA) is 3.24 Å². The van der Waals surface area contributed by atoms with Crippen LogP contribution in [-0.2, 0) is 10.8 Å². The van der Waals surface area contributed by atoms with E-state index in [4.69, 9.17) is 0 Å². The van der Waals surface area contributed by atoms with Crippen LogP contribution in [0.2, 0.25) is 0 Å². The molecule has 64 heavy (non-hydrogen) atoms. The lowest BCUT2D eigenvalue weighted by atomic mass is 9.67. The average Bonchev–Trinajstić information content (AvgIpc) is 3.83. The van der Waals surface area contributed by atoms with Gasteiger partial charge in [-0.2, -0.15) is 0 Å². The lowest BCUT2D eigenvalue weighted by Gasteiger charge is -2.44. The summed E-state index contributed by atoms with van der Waals surface area (Å²) in [6.07, 6.45) is 0. The maximum Gasteiger partial charge on any atom is 0.0726 e. The molecule has 1 nitrogen and oxygen atoms in total.